The van der Waals surface area contributed by atoms with Crippen molar-refractivity contribution in [3.8, 4) is 0 Å². The van der Waals surface area contributed by atoms with Crippen LogP contribution in [0.5, 0.6) is 0 Å². The van der Waals surface area contributed by atoms with Crippen LogP contribution in [0, 0.1) is 5.41 Å². The van der Waals surface area contributed by atoms with Crippen molar-refractivity contribution in [2.75, 3.05) is 19.6 Å². The Labute approximate surface area is 138 Å². The average molecular weight is 326 g/mol. The van der Waals surface area contributed by atoms with Gasteiger partial charge in [-0.2, -0.15) is 0 Å². The number of hydrogen-bond donors (Lipinski definition) is 3. The Morgan fingerprint density at radius 1 is 1.17 bits per heavy atom. The lowest BCUT2D eigenvalue weighted by Gasteiger charge is -2.30. The Hall–Kier alpha value is -1.63. The minimum absolute atomic E-state index is 0.0352. The van der Waals surface area contributed by atoms with E-state index in [1.165, 1.54) is 0 Å². The van der Waals surface area contributed by atoms with Crippen molar-refractivity contribution in [3.63, 3.8) is 0 Å². The normalized spacial score (nSPS) is 18.8. The van der Waals surface area contributed by atoms with E-state index >= 15 is 0 Å². The first kappa shape index (κ1) is 19.4. The molecule has 0 aromatic heterocycles. The first-order valence-electron chi connectivity index (χ1n) is 8.06. The molecule has 7 nitrogen and oxygen atoms in total. The topological polar surface area (TPSA) is 105 Å². The molecule has 0 aliphatic carbocycles. The molecule has 1 fully saturated rings. The first-order chi connectivity index (χ1) is 10.4. The average Bonchev–Trinajstić information content (AvgIpc) is 2.91. The Morgan fingerprint density at radius 2 is 1.78 bits per heavy atom. The summed E-state index contributed by atoms with van der Waals surface area (Å²) in [5.74, 6) is -0.624. The molecule has 132 valence electrons. The van der Waals surface area contributed by atoms with E-state index in [1.54, 1.807) is 4.90 Å². The maximum absolute atomic E-state index is 12.3. The summed E-state index contributed by atoms with van der Waals surface area (Å²) in [5.41, 5.74) is 4.45. The Bertz CT molecular complexity index is 468. The minimum atomic E-state index is -0.493. The SMILES string of the molecule is CC(C)(CNC(=O)C(C)(C)C)NCC(=O)N1CCC[C@H]1C(N)=O. The lowest BCUT2D eigenvalue weighted by molar-refractivity contribution is -0.136. The van der Waals surface area contributed by atoms with Gasteiger partial charge in [0.15, 0.2) is 0 Å². The molecule has 1 aliphatic rings. The van der Waals surface area contributed by atoms with Gasteiger partial charge in [-0.1, -0.05) is 20.8 Å². The molecule has 3 amide bonds. The van der Waals surface area contributed by atoms with Crippen LogP contribution in [0.15, 0.2) is 0 Å². The largest absolute Gasteiger partial charge is 0.368 e. The summed E-state index contributed by atoms with van der Waals surface area (Å²) in [5, 5.41) is 6.03. The molecule has 1 saturated heterocycles. The Morgan fingerprint density at radius 3 is 2.30 bits per heavy atom. The minimum Gasteiger partial charge on any atom is -0.368 e. The van der Waals surface area contributed by atoms with Gasteiger partial charge in [-0.3, -0.25) is 14.4 Å². The van der Waals surface area contributed by atoms with Crippen molar-refractivity contribution in [1.29, 1.82) is 0 Å². The third-order valence-electron chi connectivity index (χ3n) is 3.99. The number of likely N-dealkylation sites (tertiary alicyclic amines) is 1. The van der Waals surface area contributed by atoms with E-state index < -0.39 is 22.9 Å². The number of nitrogens with one attached hydrogen (secondary N) is 2. The number of amides is 3. The predicted molar refractivity (Wildman–Crippen MR) is 88.5 cm³/mol. The summed E-state index contributed by atoms with van der Waals surface area (Å²) in [7, 11) is 0. The van der Waals surface area contributed by atoms with Crippen LogP contribution in [-0.4, -0.2) is 53.8 Å². The fraction of sp³-hybridized carbons (Fsp3) is 0.812. The van der Waals surface area contributed by atoms with E-state index in [2.05, 4.69) is 10.6 Å². The number of carbonyl (C=O) groups is 3. The molecule has 1 heterocycles. The van der Waals surface area contributed by atoms with E-state index in [9.17, 15) is 14.4 Å². The van der Waals surface area contributed by atoms with E-state index in [0.29, 0.717) is 19.5 Å². The highest BCUT2D eigenvalue weighted by atomic mass is 16.2. The third-order valence-corrected chi connectivity index (χ3v) is 3.99. The maximum atomic E-state index is 12.3. The second-order valence-corrected chi connectivity index (χ2v) is 7.82. The fourth-order valence-corrected chi connectivity index (χ4v) is 2.41. The zero-order chi connectivity index (χ0) is 17.8. The summed E-state index contributed by atoms with van der Waals surface area (Å²) in [4.78, 5) is 37.1. The van der Waals surface area contributed by atoms with Gasteiger partial charge in [-0.15, -0.1) is 0 Å². The number of rotatable bonds is 6. The number of primary amides is 1. The van der Waals surface area contributed by atoms with Crippen molar-refractivity contribution in [2.24, 2.45) is 11.1 Å². The summed E-state index contributed by atoms with van der Waals surface area (Å²) in [6.07, 6.45) is 1.43. The van der Waals surface area contributed by atoms with Gasteiger partial charge in [-0.25, -0.2) is 0 Å². The standard InChI is InChI=1S/C16H30N4O3/c1-15(2,3)14(23)18-10-16(4,5)19-9-12(21)20-8-6-7-11(20)13(17)22/h11,19H,6-10H2,1-5H3,(H2,17,22)(H,18,23)/t11-/m0/s1. The van der Waals surface area contributed by atoms with Crippen LogP contribution >= 0.6 is 0 Å². The van der Waals surface area contributed by atoms with Gasteiger partial charge in [0.05, 0.1) is 6.54 Å². The quantitative estimate of drug-likeness (QED) is 0.638. The van der Waals surface area contributed by atoms with Crippen LogP contribution in [0.1, 0.15) is 47.5 Å². The number of nitrogens with two attached hydrogens (primary N) is 1. The highest BCUT2D eigenvalue weighted by molar-refractivity contribution is 5.88. The molecule has 0 aromatic carbocycles. The van der Waals surface area contributed by atoms with Gasteiger partial charge in [-0.05, 0) is 26.7 Å². The first-order valence-corrected chi connectivity index (χ1v) is 8.06. The lowest BCUT2D eigenvalue weighted by Crippen LogP contribution is -2.54. The van der Waals surface area contributed by atoms with Crippen LogP contribution in [-0.2, 0) is 14.4 Å². The molecule has 0 bridgehead atoms. The Balaban J connectivity index is 2.47. The highest BCUT2D eigenvalue weighted by Gasteiger charge is 2.33. The predicted octanol–water partition coefficient (Wildman–Crippen LogP) is -0.00680. The fourth-order valence-electron chi connectivity index (χ4n) is 2.41. The molecule has 1 rings (SSSR count). The van der Waals surface area contributed by atoms with Crippen LogP contribution in [0.2, 0.25) is 0 Å². The summed E-state index contributed by atoms with van der Waals surface area (Å²) >= 11 is 0. The number of nitrogens with zero attached hydrogens (tertiary/aromatic N) is 1. The summed E-state index contributed by atoms with van der Waals surface area (Å²) in [6.45, 7) is 10.5. The molecule has 1 atom stereocenters. The van der Waals surface area contributed by atoms with Gasteiger partial charge >= 0.3 is 0 Å². The molecular formula is C16H30N4O3. The second kappa shape index (κ2) is 7.29. The maximum Gasteiger partial charge on any atom is 0.240 e. The second-order valence-electron chi connectivity index (χ2n) is 7.82. The van der Waals surface area contributed by atoms with Gasteiger partial charge in [0, 0.05) is 24.0 Å². The highest BCUT2D eigenvalue weighted by Crippen LogP contribution is 2.17. The third kappa shape index (κ3) is 5.82. The molecular weight excluding hydrogens is 296 g/mol. The number of hydrogen-bond acceptors (Lipinski definition) is 4. The molecule has 0 aromatic rings. The van der Waals surface area contributed by atoms with Crippen LogP contribution < -0.4 is 16.4 Å². The summed E-state index contributed by atoms with van der Waals surface area (Å²) < 4.78 is 0. The van der Waals surface area contributed by atoms with Crippen molar-refractivity contribution in [3.05, 3.63) is 0 Å². The molecule has 4 N–H and O–H groups in total. The van der Waals surface area contributed by atoms with Crippen molar-refractivity contribution < 1.29 is 14.4 Å². The van der Waals surface area contributed by atoms with Gasteiger partial charge in [0.1, 0.15) is 6.04 Å². The molecule has 0 saturated carbocycles. The van der Waals surface area contributed by atoms with E-state index in [1.807, 2.05) is 34.6 Å². The van der Waals surface area contributed by atoms with E-state index in [4.69, 9.17) is 5.73 Å². The van der Waals surface area contributed by atoms with Crippen LogP contribution in [0.25, 0.3) is 0 Å². The van der Waals surface area contributed by atoms with Crippen molar-refractivity contribution in [1.82, 2.24) is 15.5 Å². The monoisotopic (exact) mass is 326 g/mol. The van der Waals surface area contributed by atoms with Crippen molar-refractivity contribution in [2.45, 2.75) is 59.0 Å². The van der Waals surface area contributed by atoms with Gasteiger partial charge in [0.2, 0.25) is 17.7 Å². The molecule has 7 heteroatoms. The molecule has 1 aliphatic heterocycles. The van der Waals surface area contributed by atoms with Crippen LogP contribution in [0.4, 0.5) is 0 Å². The van der Waals surface area contributed by atoms with E-state index in [0.717, 1.165) is 6.42 Å². The summed E-state index contributed by atoms with van der Waals surface area (Å²) in [6, 6.07) is -0.493. The Kier molecular flexibility index (Phi) is 6.16. The number of carbonyl (C=O) groups excluding carboxylic acids is 3. The molecule has 0 spiro atoms. The zero-order valence-electron chi connectivity index (χ0n) is 14.9. The van der Waals surface area contributed by atoms with E-state index in [-0.39, 0.29) is 18.4 Å². The van der Waals surface area contributed by atoms with Crippen molar-refractivity contribution >= 4 is 17.7 Å². The molecule has 23 heavy (non-hydrogen) atoms. The molecule has 0 unspecified atom stereocenters. The zero-order valence-corrected chi connectivity index (χ0v) is 14.9. The molecule has 0 radical (unpaired) electrons. The van der Waals surface area contributed by atoms with Crippen LogP contribution in [0.3, 0.4) is 0 Å². The van der Waals surface area contributed by atoms with Gasteiger partial charge in [0.25, 0.3) is 0 Å². The smallest absolute Gasteiger partial charge is 0.240 e. The van der Waals surface area contributed by atoms with Gasteiger partial charge < -0.3 is 21.3 Å². The lowest BCUT2D eigenvalue weighted by atomic mass is 9.95.